The quantitative estimate of drug-likeness (QED) is 0.804. The fourth-order valence-electron chi connectivity index (χ4n) is 4.09. The van der Waals surface area contributed by atoms with E-state index in [2.05, 4.69) is 5.32 Å². The van der Waals surface area contributed by atoms with Gasteiger partial charge < -0.3 is 19.9 Å². The molecule has 1 atom stereocenters. The summed E-state index contributed by atoms with van der Waals surface area (Å²) >= 11 is 0. The molecule has 2 aliphatic rings. The zero-order chi connectivity index (χ0) is 20.4. The van der Waals surface area contributed by atoms with Gasteiger partial charge >= 0.3 is 0 Å². The first kappa shape index (κ1) is 22.1. The molecule has 2 aromatic rings. The lowest BCUT2D eigenvalue weighted by atomic mass is 10.0. The first-order valence-corrected chi connectivity index (χ1v) is 9.84. The number of ether oxygens (including phenoxy) is 1. The maximum atomic E-state index is 14.6. The largest absolute Gasteiger partial charge is 0.496 e. The molecule has 0 saturated carbocycles. The van der Waals surface area contributed by atoms with Crippen molar-refractivity contribution in [2.24, 2.45) is 0 Å². The van der Waals surface area contributed by atoms with Crippen LogP contribution >= 0.6 is 12.4 Å². The van der Waals surface area contributed by atoms with E-state index in [0.29, 0.717) is 44.0 Å². The average molecular weight is 434 g/mol. The summed E-state index contributed by atoms with van der Waals surface area (Å²) in [6, 6.07) is 11.6. The molecule has 6 nitrogen and oxygen atoms in total. The Balaban J connectivity index is 0.00000256. The van der Waals surface area contributed by atoms with Crippen LogP contribution in [0.5, 0.6) is 5.75 Å². The van der Waals surface area contributed by atoms with Crippen molar-refractivity contribution in [1.29, 1.82) is 0 Å². The third-order valence-electron chi connectivity index (χ3n) is 5.57. The molecule has 0 spiro atoms. The van der Waals surface area contributed by atoms with Crippen LogP contribution in [0, 0.1) is 5.82 Å². The zero-order valence-electron chi connectivity index (χ0n) is 16.8. The molecule has 8 heteroatoms. The van der Waals surface area contributed by atoms with E-state index >= 15 is 0 Å². The summed E-state index contributed by atoms with van der Waals surface area (Å²) in [5, 5.41) is 3.30. The zero-order valence-corrected chi connectivity index (χ0v) is 17.6. The monoisotopic (exact) mass is 433 g/mol. The summed E-state index contributed by atoms with van der Waals surface area (Å²) in [4.78, 5) is 28.7. The van der Waals surface area contributed by atoms with Crippen LogP contribution in [0.3, 0.4) is 0 Å². The summed E-state index contributed by atoms with van der Waals surface area (Å²) in [6.45, 7) is 2.23. The molecule has 0 aliphatic carbocycles. The predicted octanol–water partition coefficient (Wildman–Crippen LogP) is 3.17. The standard InChI is InChI=1S/C22H24FN3O3.ClH/c1-29-20-6-3-2-5-16(20)19-14-24-10-12-26(19)22(28)17-13-15(8-9-18(17)23)25-11-4-7-21(25)27;/h2-3,5-6,8-9,13,19,24H,4,7,10-12,14H2,1H3;1H. The number of hydrogen-bond donors (Lipinski definition) is 1. The number of rotatable bonds is 4. The van der Waals surface area contributed by atoms with Crippen molar-refractivity contribution in [2.45, 2.75) is 18.9 Å². The molecule has 2 heterocycles. The summed E-state index contributed by atoms with van der Waals surface area (Å²) < 4.78 is 20.1. The number of halogens is 2. The van der Waals surface area contributed by atoms with Crippen LogP contribution in [0.25, 0.3) is 0 Å². The Bertz CT molecular complexity index is 940. The van der Waals surface area contributed by atoms with Gasteiger partial charge in [-0.2, -0.15) is 0 Å². The Hall–Kier alpha value is -2.64. The molecule has 1 unspecified atom stereocenters. The topological polar surface area (TPSA) is 61.9 Å². The minimum absolute atomic E-state index is 0. The van der Waals surface area contributed by atoms with Crippen molar-refractivity contribution in [3.05, 3.63) is 59.4 Å². The van der Waals surface area contributed by atoms with Crippen molar-refractivity contribution in [3.63, 3.8) is 0 Å². The molecule has 30 heavy (non-hydrogen) atoms. The third-order valence-corrected chi connectivity index (χ3v) is 5.57. The maximum Gasteiger partial charge on any atom is 0.257 e. The molecule has 2 aromatic carbocycles. The summed E-state index contributed by atoms with van der Waals surface area (Å²) in [7, 11) is 1.59. The van der Waals surface area contributed by atoms with Gasteiger partial charge in [0.25, 0.3) is 5.91 Å². The minimum Gasteiger partial charge on any atom is -0.496 e. The normalized spacial score (nSPS) is 18.9. The van der Waals surface area contributed by atoms with Crippen molar-refractivity contribution in [1.82, 2.24) is 10.2 Å². The van der Waals surface area contributed by atoms with E-state index in [1.165, 1.54) is 12.1 Å². The Morgan fingerprint density at radius 2 is 2.00 bits per heavy atom. The lowest BCUT2D eigenvalue weighted by Crippen LogP contribution is -2.49. The lowest BCUT2D eigenvalue weighted by molar-refractivity contribution is -0.117. The van der Waals surface area contributed by atoms with Crippen LogP contribution in [0.2, 0.25) is 0 Å². The Kier molecular flexibility index (Phi) is 6.95. The van der Waals surface area contributed by atoms with Gasteiger partial charge in [-0.1, -0.05) is 18.2 Å². The number of benzene rings is 2. The molecule has 2 saturated heterocycles. The highest BCUT2D eigenvalue weighted by molar-refractivity contribution is 5.99. The lowest BCUT2D eigenvalue weighted by Gasteiger charge is -2.37. The van der Waals surface area contributed by atoms with Crippen molar-refractivity contribution in [2.75, 3.05) is 38.2 Å². The molecule has 1 N–H and O–H groups in total. The fourth-order valence-corrected chi connectivity index (χ4v) is 4.09. The second-order valence-corrected chi connectivity index (χ2v) is 7.27. The van der Waals surface area contributed by atoms with E-state index in [-0.39, 0.29) is 35.8 Å². The molecule has 0 bridgehead atoms. The molecular formula is C22H25ClFN3O3. The van der Waals surface area contributed by atoms with Gasteiger partial charge in [0.15, 0.2) is 0 Å². The molecule has 4 rings (SSSR count). The second kappa shape index (κ2) is 9.45. The number of hydrogen-bond acceptors (Lipinski definition) is 4. The summed E-state index contributed by atoms with van der Waals surface area (Å²) in [5.41, 5.74) is 1.44. The van der Waals surface area contributed by atoms with Crippen molar-refractivity contribution >= 4 is 29.9 Å². The van der Waals surface area contributed by atoms with Gasteiger partial charge in [0.05, 0.1) is 18.7 Å². The molecular weight excluding hydrogens is 409 g/mol. The first-order chi connectivity index (χ1) is 14.1. The Morgan fingerprint density at radius 1 is 1.20 bits per heavy atom. The highest BCUT2D eigenvalue weighted by Crippen LogP contribution is 2.32. The number of carbonyl (C=O) groups excluding carboxylic acids is 2. The fraction of sp³-hybridized carbons (Fsp3) is 0.364. The number of para-hydroxylation sites is 1. The Labute approximate surface area is 181 Å². The van der Waals surface area contributed by atoms with Crippen LogP contribution < -0.4 is 15.0 Å². The summed E-state index contributed by atoms with van der Waals surface area (Å²) in [5.74, 6) is -0.268. The number of anilines is 1. The van der Waals surface area contributed by atoms with Gasteiger partial charge in [-0.05, 0) is 30.7 Å². The molecule has 2 amide bonds. The Morgan fingerprint density at radius 3 is 2.73 bits per heavy atom. The highest BCUT2D eigenvalue weighted by atomic mass is 35.5. The van der Waals surface area contributed by atoms with E-state index in [1.54, 1.807) is 23.0 Å². The van der Waals surface area contributed by atoms with Gasteiger partial charge in [0.1, 0.15) is 11.6 Å². The molecule has 160 valence electrons. The third kappa shape index (κ3) is 4.13. The van der Waals surface area contributed by atoms with Gasteiger partial charge in [0.2, 0.25) is 5.91 Å². The molecule has 2 fully saturated rings. The van der Waals surface area contributed by atoms with E-state index in [9.17, 15) is 14.0 Å². The second-order valence-electron chi connectivity index (χ2n) is 7.27. The molecule has 2 aliphatic heterocycles. The number of amides is 2. The van der Waals surface area contributed by atoms with Crippen LogP contribution in [-0.2, 0) is 4.79 Å². The highest BCUT2D eigenvalue weighted by Gasteiger charge is 2.32. The maximum absolute atomic E-state index is 14.6. The number of nitrogens with one attached hydrogen (secondary N) is 1. The smallest absolute Gasteiger partial charge is 0.257 e. The van der Waals surface area contributed by atoms with Crippen molar-refractivity contribution in [3.8, 4) is 5.75 Å². The average Bonchev–Trinajstić information content (AvgIpc) is 3.19. The van der Waals surface area contributed by atoms with E-state index in [0.717, 1.165) is 12.0 Å². The van der Waals surface area contributed by atoms with Crippen LogP contribution in [0.1, 0.15) is 34.8 Å². The molecule has 0 radical (unpaired) electrons. The van der Waals surface area contributed by atoms with Crippen LogP contribution in [-0.4, -0.2) is 50.0 Å². The minimum atomic E-state index is -0.581. The number of methoxy groups -OCH3 is 1. The van der Waals surface area contributed by atoms with E-state index in [1.807, 2.05) is 24.3 Å². The first-order valence-electron chi connectivity index (χ1n) is 9.84. The predicted molar refractivity (Wildman–Crippen MR) is 115 cm³/mol. The number of nitrogens with zero attached hydrogens (tertiary/aromatic N) is 2. The van der Waals surface area contributed by atoms with E-state index in [4.69, 9.17) is 4.74 Å². The van der Waals surface area contributed by atoms with Gasteiger partial charge in [0, 0.05) is 43.9 Å². The summed E-state index contributed by atoms with van der Waals surface area (Å²) in [6.07, 6.45) is 1.25. The number of piperazine rings is 1. The van der Waals surface area contributed by atoms with Gasteiger partial charge in [-0.15, -0.1) is 12.4 Å². The SMILES string of the molecule is COc1ccccc1C1CNCCN1C(=O)c1cc(N2CCCC2=O)ccc1F.Cl. The van der Waals surface area contributed by atoms with E-state index < -0.39 is 5.82 Å². The van der Waals surface area contributed by atoms with Gasteiger partial charge in [-0.25, -0.2) is 4.39 Å². The number of carbonyl (C=O) groups is 2. The van der Waals surface area contributed by atoms with Crippen LogP contribution in [0.4, 0.5) is 10.1 Å². The van der Waals surface area contributed by atoms with Crippen LogP contribution in [0.15, 0.2) is 42.5 Å². The van der Waals surface area contributed by atoms with Crippen molar-refractivity contribution < 1.29 is 18.7 Å². The van der Waals surface area contributed by atoms with Gasteiger partial charge in [-0.3, -0.25) is 9.59 Å². The molecule has 0 aromatic heterocycles.